The lowest BCUT2D eigenvalue weighted by molar-refractivity contribution is 0.504. The van der Waals surface area contributed by atoms with Crippen molar-refractivity contribution in [3.05, 3.63) is 60.7 Å². The number of rotatable bonds is 2. The highest BCUT2D eigenvalue weighted by molar-refractivity contribution is 7.77. The van der Waals surface area contributed by atoms with Crippen LogP contribution < -0.4 is 10.6 Å². The van der Waals surface area contributed by atoms with Gasteiger partial charge in [-0.15, -0.1) is 5.66 Å². The monoisotopic (exact) mass is 277 g/mol. The fourth-order valence-corrected chi connectivity index (χ4v) is 3.34. The van der Waals surface area contributed by atoms with Gasteiger partial charge in [0.05, 0.1) is 0 Å². The molecule has 0 nitrogen and oxygen atoms in total. The molecule has 0 aliphatic heterocycles. The van der Waals surface area contributed by atoms with Crippen molar-refractivity contribution in [2.24, 2.45) is 0 Å². The molecular formula is C14H10BF3P-. The van der Waals surface area contributed by atoms with Gasteiger partial charge in [-0.2, -0.15) is 5.82 Å². The summed E-state index contributed by atoms with van der Waals surface area (Å²) >= 11 is 0. The summed E-state index contributed by atoms with van der Waals surface area (Å²) in [6, 6.07) is 18.2. The minimum atomic E-state index is -5.07. The third-order valence-corrected chi connectivity index (χ3v) is 4.35. The highest BCUT2D eigenvalue weighted by atomic mass is 31.1. The molecule has 2 aromatic carbocycles. The standard InChI is InChI=1S/C14H10BF3P/c16-15(17,18)11-12-19(13-7-3-1-4-8-13)14-9-5-2-6-10-14/h1-10H/q-1. The summed E-state index contributed by atoms with van der Waals surface area (Å²) in [5.41, 5.74) is 2.41. The Morgan fingerprint density at radius 1 is 0.737 bits per heavy atom. The average molecular weight is 277 g/mol. The molecule has 19 heavy (non-hydrogen) atoms. The molecule has 2 aromatic rings. The molecule has 96 valence electrons. The molecule has 0 spiro atoms. The van der Waals surface area contributed by atoms with Gasteiger partial charge in [-0.3, -0.25) is 0 Å². The largest absolute Gasteiger partial charge is 0.558 e. The van der Waals surface area contributed by atoms with Crippen molar-refractivity contribution in [3.63, 3.8) is 0 Å². The third kappa shape index (κ3) is 4.15. The van der Waals surface area contributed by atoms with E-state index in [0.717, 1.165) is 10.6 Å². The fourth-order valence-electron chi connectivity index (χ4n) is 1.57. The van der Waals surface area contributed by atoms with Crippen LogP contribution in [0.5, 0.6) is 0 Å². The third-order valence-electron chi connectivity index (χ3n) is 2.37. The van der Waals surface area contributed by atoms with Crippen molar-refractivity contribution in [1.29, 1.82) is 0 Å². The molecule has 0 saturated carbocycles. The summed E-state index contributed by atoms with van der Waals surface area (Å²) in [4.78, 5) is 0. The van der Waals surface area contributed by atoms with Gasteiger partial charge in [0.1, 0.15) is 0 Å². The van der Waals surface area contributed by atoms with E-state index in [9.17, 15) is 12.9 Å². The number of halogens is 3. The first-order valence-electron chi connectivity index (χ1n) is 5.69. The van der Waals surface area contributed by atoms with Gasteiger partial charge in [-0.25, -0.2) is 0 Å². The predicted molar refractivity (Wildman–Crippen MR) is 75.9 cm³/mol. The van der Waals surface area contributed by atoms with Crippen LogP contribution in [0.3, 0.4) is 0 Å². The molecule has 5 heteroatoms. The van der Waals surface area contributed by atoms with E-state index in [1.807, 2.05) is 60.7 Å². The van der Waals surface area contributed by atoms with Crippen molar-refractivity contribution in [2.75, 3.05) is 0 Å². The lowest BCUT2D eigenvalue weighted by atomic mass is 9.95. The zero-order valence-corrected chi connectivity index (χ0v) is 10.8. The van der Waals surface area contributed by atoms with Gasteiger partial charge in [-0.05, 0) is 10.6 Å². The zero-order chi connectivity index (χ0) is 13.7. The first-order chi connectivity index (χ1) is 9.06. The molecule has 0 aliphatic rings. The van der Waals surface area contributed by atoms with Crippen LogP contribution >= 0.6 is 7.92 Å². The molecular weight excluding hydrogens is 267 g/mol. The molecule has 0 radical (unpaired) electrons. The Kier molecular flexibility index (Phi) is 4.29. The van der Waals surface area contributed by atoms with E-state index in [0.29, 0.717) is 0 Å². The number of hydrogen-bond acceptors (Lipinski definition) is 0. The summed E-state index contributed by atoms with van der Waals surface area (Å²) in [7, 11) is -1.28. The smallest absolute Gasteiger partial charge is 0.438 e. The molecule has 0 unspecified atom stereocenters. The van der Waals surface area contributed by atoms with Crippen molar-refractivity contribution >= 4 is 25.5 Å². The number of benzene rings is 2. The maximum absolute atomic E-state index is 12.3. The van der Waals surface area contributed by atoms with Gasteiger partial charge in [0.15, 0.2) is 0 Å². The van der Waals surface area contributed by atoms with E-state index < -0.39 is 14.9 Å². The van der Waals surface area contributed by atoms with Crippen LogP contribution in [0.4, 0.5) is 12.9 Å². The van der Waals surface area contributed by atoms with Crippen molar-refractivity contribution in [2.45, 2.75) is 0 Å². The highest BCUT2D eigenvalue weighted by Crippen LogP contribution is 2.32. The minimum absolute atomic E-state index is 0.830. The Hall–Kier alpha value is -1.72. The first-order valence-corrected chi connectivity index (χ1v) is 7.03. The Labute approximate surface area is 111 Å². The summed E-state index contributed by atoms with van der Waals surface area (Å²) in [6.07, 6.45) is 0. The van der Waals surface area contributed by atoms with Gasteiger partial charge in [-0.1, -0.05) is 60.7 Å². The molecule has 0 fully saturated rings. The van der Waals surface area contributed by atoms with Crippen LogP contribution in [0.2, 0.25) is 0 Å². The molecule has 0 amide bonds. The van der Waals surface area contributed by atoms with Gasteiger partial charge in [0.25, 0.3) is 0 Å². The summed E-state index contributed by atoms with van der Waals surface area (Å²) in [5.74, 6) is 1.46. The van der Waals surface area contributed by atoms with Crippen LogP contribution in [-0.2, 0) is 0 Å². The lowest BCUT2D eigenvalue weighted by Crippen LogP contribution is -2.13. The second-order valence-electron chi connectivity index (χ2n) is 3.84. The van der Waals surface area contributed by atoms with Crippen molar-refractivity contribution < 1.29 is 12.9 Å². The van der Waals surface area contributed by atoms with Crippen LogP contribution in [0.15, 0.2) is 60.7 Å². The second kappa shape index (κ2) is 5.95. The van der Waals surface area contributed by atoms with E-state index in [1.54, 1.807) is 0 Å². The normalized spacial score (nSPS) is 10.9. The summed E-state index contributed by atoms with van der Waals surface area (Å²) < 4.78 is 37.0. The van der Waals surface area contributed by atoms with Crippen LogP contribution in [0.1, 0.15) is 0 Å². The topological polar surface area (TPSA) is 0 Å². The molecule has 0 atom stereocenters. The van der Waals surface area contributed by atoms with Crippen LogP contribution in [0.25, 0.3) is 0 Å². The lowest BCUT2D eigenvalue weighted by Gasteiger charge is -2.13. The van der Waals surface area contributed by atoms with Crippen LogP contribution in [-0.4, -0.2) is 6.98 Å². The Balaban J connectivity index is 2.42. The fraction of sp³-hybridized carbons (Fsp3) is 0. The molecule has 0 bridgehead atoms. The van der Waals surface area contributed by atoms with E-state index in [1.165, 1.54) is 5.82 Å². The van der Waals surface area contributed by atoms with Crippen molar-refractivity contribution in [1.82, 2.24) is 0 Å². The van der Waals surface area contributed by atoms with E-state index in [4.69, 9.17) is 0 Å². The van der Waals surface area contributed by atoms with E-state index in [-0.39, 0.29) is 0 Å². The maximum atomic E-state index is 12.3. The molecule has 0 saturated heterocycles. The second-order valence-corrected chi connectivity index (χ2v) is 5.76. The average Bonchev–Trinajstić information content (AvgIpc) is 2.40. The van der Waals surface area contributed by atoms with Crippen molar-refractivity contribution in [3.8, 4) is 11.5 Å². The Morgan fingerprint density at radius 3 is 1.53 bits per heavy atom. The first kappa shape index (κ1) is 13.7. The SMILES string of the molecule is F[B-](F)(F)C#CP(c1ccccc1)c1ccccc1. The molecule has 0 aliphatic carbocycles. The molecule has 0 N–H and O–H groups in total. The van der Waals surface area contributed by atoms with Gasteiger partial charge in [0, 0.05) is 7.92 Å². The quantitative estimate of drug-likeness (QED) is 0.448. The maximum Gasteiger partial charge on any atom is 0.558 e. The van der Waals surface area contributed by atoms with E-state index >= 15 is 0 Å². The van der Waals surface area contributed by atoms with Gasteiger partial charge >= 0.3 is 6.98 Å². The molecule has 0 heterocycles. The zero-order valence-electron chi connectivity index (χ0n) is 9.93. The Bertz CT molecular complexity index is 545. The summed E-state index contributed by atoms with van der Waals surface area (Å²) in [5, 5.41) is 1.66. The highest BCUT2D eigenvalue weighted by Gasteiger charge is 2.19. The molecule has 2 rings (SSSR count). The van der Waals surface area contributed by atoms with Gasteiger partial charge < -0.3 is 12.9 Å². The van der Waals surface area contributed by atoms with Gasteiger partial charge in [0.2, 0.25) is 0 Å². The predicted octanol–water partition coefficient (Wildman–Crippen LogP) is 3.47. The minimum Gasteiger partial charge on any atom is -0.438 e. The van der Waals surface area contributed by atoms with E-state index in [2.05, 4.69) is 5.66 Å². The van der Waals surface area contributed by atoms with Crippen LogP contribution in [0, 0.1) is 11.5 Å². The Morgan fingerprint density at radius 2 is 1.16 bits per heavy atom. The molecule has 0 aromatic heterocycles. The summed E-state index contributed by atoms with van der Waals surface area (Å²) in [6.45, 7) is -5.07. The number of hydrogen-bond donors (Lipinski definition) is 0.